The molecule has 2 fully saturated rings. The molecule has 276 valence electrons. The highest BCUT2D eigenvalue weighted by Gasteiger charge is 2.42. The van der Waals surface area contributed by atoms with Crippen molar-refractivity contribution in [2.45, 2.75) is 51.2 Å². The summed E-state index contributed by atoms with van der Waals surface area (Å²) in [6.45, 7) is 5.13. The van der Waals surface area contributed by atoms with E-state index in [2.05, 4.69) is 9.97 Å². The van der Waals surface area contributed by atoms with Gasteiger partial charge in [0.25, 0.3) is 11.5 Å². The molecule has 0 saturated carbocycles. The minimum Gasteiger partial charge on any atom is -0.618 e. The molecule has 2 saturated heterocycles. The molecule has 2 aliphatic heterocycles. The number of aryl methyl sites for hydroxylation is 2. The summed E-state index contributed by atoms with van der Waals surface area (Å²) in [7, 11) is 0. The van der Waals surface area contributed by atoms with Gasteiger partial charge in [0.2, 0.25) is 5.91 Å². The number of likely N-dealkylation sites (tertiary alicyclic amines) is 2. The number of pyridine rings is 1. The number of fused-ring (bicyclic) bond motifs is 1. The molecule has 6 heterocycles. The first-order valence-corrected chi connectivity index (χ1v) is 19.1. The number of nitrogens with zero attached hydrogens (tertiary/aromatic N) is 7. The molecule has 0 radical (unpaired) electrons. The lowest BCUT2D eigenvalue weighted by molar-refractivity contribution is -0.611. The molecule has 0 aliphatic carbocycles. The first-order valence-electron chi connectivity index (χ1n) is 18.2. The Labute approximate surface area is 316 Å². The van der Waals surface area contributed by atoms with Crippen LogP contribution in [0.4, 0.5) is 0 Å². The Hall–Kier alpha value is -5.66. The highest BCUT2D eigenvalue weighted by Crippen LogP contribution is 2.37. The summed E-state index contributed by atoms with van der Waals surface area (Å²) in [5, 5.41) is 25.0. The number of hydrogen-bond donors (Lipinski definition) is 1. The van der Waals surface area contributed by atoms with Gasteiger partial charge in [-0.1, -0.05) is 48.5 Å². The fourth-order valence-electron chi connectivity index (χ4n) is 7.83. The summed E-state index contributed by atoms with van der Waals surface area (Å²) >= 11 is 1.28. The molecule has 6 aromatic rings. The third-order valence-electron chi connectivity index (χ3n) is 11.0. The number of rotatable bonds is 7. The highest BCUT2D eigenvalue weighted by molar-refractivity contribution is 7.17. The molecule has 1 N–H and O–H groups in total. The number of aromatic nitrogens is 5. The molecule has 0 spiro atoms. The summed E-state index contributed by atoms with van der Waals surface area (Å²) in [6, 6.07) is 24.9. The SMILES string of the molecule is Cc1nc(-c2ccc(C)[n+]([O-])c2)sc1C(=O)N1CC[C@@H](C(=O)N2CCC(O)(Cn3cnc4c(ccn4-c4ccccc4)c3=O)CC2)[C@H](c2ccccc2)C1. The lowest BCUT2D eigenvalue weighted by Crippen LogP contribution is -2.53. The number of piperidine rings is 2. The smallest absolute Gasteiger partial charge is 0.265 e. The highest BCUT2D eigenvalue weighted by atomic mass is 32.1. The van der Waals surface area contributed by atoms with Gasteiger partial charge in [0.15, 0.2) is 17.5 Å². The van der Waals surface area contributed by atoms with E-state index in [-0.39, 0.29) is 35.8 Å². The van der Waals surface area contributed by atoms with Crippen molar-refractivity contribution in [3.8, 4) is 16.3 Å². The summed E-state index contributed by atoms with van der Waals surface area (Å²) in [4.78, 5) is 55.2. The molecule has 4 aromatic heterocycles. The zero-order valence-electron chi connectivity index (χ0n) is 30.2. The van der Waals surface area contributed by atoms with E-state index in [0.717, 1.165) is 16.0 Å². The normalized spacial score (nSPS) is 18.6. The lowest BCUT2D eigenvalue weighted by atomic mass is 9.79. The topological polar surface area (TPSA) is 140 Å². The van der Waals surface area contributed by atoms with Crippen LogP contribution in [-0.4, -0.2) is 77.6 Å². The molecule has 2 aliphatic rings. The molecule has 2 atom stereocenters. The van der Waals surface area contributed by atoms with Crippen LogP contribution < -0.4 is 10.3 Å². The van der Waals surface area contributed by atoms with Crippen LogP contribution >= 0.6 is 11.3 Å². The van der Waals surface area contributed by atoms with Gasteiger partial charge in [0.05, 0.1) is 28.8 Å². The molecule has 54 heavy (non-hydrogen) atoms. The molecule has 8 rings (SSSR count). The van der Waals surface area contributed by atoms with E-state index in [1.807, 2.05) is 94.2 Å². The number of benzene rings is 2. The fourth-order valence-corrected chi connectivity index (χ4v) is 8.85. The fraction of sp³-hybridized carbons (Fsp3) is 0.317. The first kappa shape index (κ1) is 35.4. The third kappa shape index (κ3) is 6.69. The van der Waals surface area contributed by atoms with Crippen LogP contribution in [-0.2, 0) is 11.3 Å². The maximum absolute atomic E-state index is 14.3. The van der Waals surface area contributed by atoms with Gasteiger partial charge in [-0.15, -0.1) is 11.3 Å². The molecular weight excluding hydrogens is 703 g/mol. The van der Waals surface area contributed by atoms with Crippen LogP contribution in [0.3, 0.4) is 0 Å². The van der Waals surface area contributed by atoms with Crippen molar-refractivity contribution < 1.29 is 19.4 Å². The predicted molar refractivity (Wildman–Crippen MR) is 205 cm³/mol. The van der Waals surface area contributed by atoms with E-state index in [4.69, 9.17) is 0 Å². The number of hydrogen-bond acceptors (Lipinski definition) is 8. The van der Waals surface area contributed by atoms with Crippen LogP contribution in [0, 0.1) is 25.0 Å². The van der Waals surface area contributed by atoms with E-state index < -0.39 is 5.60 Å². The van der Waals surface area contributed by atoms with Crippen LogP contribution in [0.15, 0.2) is 102 Å². The minimum atomic E-state index is -1.18. The second kappa shape index (κ2) is 14.3. The number of thiazole rings is 1. The lowest BCUT2D eigenvalue weighted by Gasteiger charge is -2.43. The van der Waals surface area contributed by atoms with E-state index in [9.17, 15) is 24.7 Å². The Balaban J connectivity index is 0.955. The zero-order chi connectivity index (χ0) is 37.6. The van der Waals surface area contributed by atoms with Crippen molar-refractivity contribution in [1.82, 2.24) is 28.9 Å². The van der Waals surface area contributed by atoms with Gasteiger partial charge >= 0.3 is 0 Å². The van der Waals surface area contributed by atoms with Crippen molar-refractivity contribution in [2.24, 2.45) is 5.92 Å². The average Bonchev–Trinajstić information content (AvgIpc) is 3.81. The number of amides is 2. The molecule has 2 aromatic carbocycles. The van der Waals surface area contributed by atoms with Gasteiger partial charge in [-0.05, 0) is 56.0 Å². The Morgan fingerprint density at radius 2 is 1.69 bits per heavy atom. The minimum absolute atomic E-state index is 0.0158. The summed E-state index contributed by atoms with van der Waals surface area (Å²) in [5.41, 5.74) is 2.90. The van der Waals surface area contributed by atoms with Crippen LogP contribution in [0.1, 0.15) is 51.8 Å². The first-order chi connectivity index (χ1) is 26.1. The Bertz CT molecular complexity index is 2400. The van der Waals surface area contributed by atoms with Crippen molar-refractivity contribution in [1.29, 1.82) is 0 Å². The van der Waals surface area contributed by atoms with Crippen LogP contribution in [0.5, 0.6) is 0 Å². The monoisotopic (exact) mass is 743 g/mol. The standard InChI is InChI=1S/C41H41N7O5S/c1-27-13-14-30(23-48(27)53)37-43-28(2)35(54-37)40(51)45-19-15-32(34(24-45)29-9-5-3-6-10-29)38(49)44-21-17-41(52,18-22-44)25-46-26-42-36-33(39(46)50)16-20-47(36)31-11-7-4-8-12-31/h3-14,16,20,23,26,32,34,52H,15,17-19,21-22,24-25H2,1-2H3/t32-,34+/m1/s1. The van der Waals surface area contributed by atoms with E-state index in [1.165, 1.54) is 28.4 Å². The van der Waals surface area contributed by atoms with Crippen molar-refractivity contribution >= 4 is 34.2 Å². The zero-order valence-corrected chi connectivity index (χ0v) is 31.0. The number of aliphatic hydroxyl groups is 1. The van der Waals surface area contributed by atoms with Crippen LogP contribution in [0.25, 0.3) is 27.3 Å². The Morgan fingerprint density at radius 1 is 0.963 bits per heavy atom. The van der Waals surface area contributed by atoms with Gasteiger partial charge in [-0.2, -0.15) is 4.73 Å². The van der Waals surface area contributed by atoms with Crippen molar-refractivity contribution in [2.75, 3.05) is 26.2 Å². The molecule has 0 bridgehead atoms. The molecule has 2 amide bonds. The number of para-hydroxylation sites is 1. The van der Waals surface area contributed by atoms with E-state index in [1.54, 1.807) is 19.1 Å². The van der Waals surface area contributed by atoms with E-state index >= 15 is 0 Å². The molecule has 0 unspecified atom stereocenters. The second-order valence-corrected chi connectivity index (χ2v) is 15.5. The largest absolute Gasteiger partial charge is 0.618 e. The third-order valence-corrected chi connectivity index (χ3v) is 12.2. The average molecular weight is 744 g/mol. The Kier molecular flexibility index (Phi) is 9.36. The second-order valence-electron chi connectivity index (χ2n) is 14.5. The van der Waals surface area contributed by atoms with Gasteiger partial charge in [-0.25, -0.2) is 9.97 Å². The summed E-state index contributed by atoms with van der Waals surface area (Å²) < 4.78 is 4.14. The molecular formula is C41H41N7O5S. The predicted octanol–water partition coefficient (Wildman–Crippen LogP) is 4.86. The van der Waals surface area contributed by atoms with Gasteiger partial charge in [0.1, 0.15) is 16.2 Å². The molecule has 13 heteroatoms. The van der Waals surface area contributed by atoms with Gasteiger partial charge in [0, 0.05) is 62.9 Å². The van der Waals surface area contributed by atoms with Crippen molar-refractivity contribution in [3.63, 3.8) is 0 Å². The van der Waals surface area contributed by atoms with Gasteiger partial charge in [-0.3, -0.25) is 19.0 Å². The maximum atomic E-state index is 14.3. The number of carbonyl (C=O) groups is 2. The Morgan fingerprint density at radius 3 is 2.41 bits per heavy atom. The number of carbonyl (C=O) groups excluding carboxylic acids is 2. The summed E-state index contributed by atoms with van der Waals surface area (Å²) in [5.74, 6) is -0.681. The van der Waals surface area contributed by atoms with E-state index in [0.29, 0.717) is 83.3 Å². The van der Waals surface area contributed by atoms with Gasteiger partial charge < -0.3 is 24.7 Å². The molecule has 12 nitrogen and oxygen atoms in total. The quantitative estimate of drug-likeness (QED) is 0.182. The van der Waals surface area contributed by atoms with Crippen molar-refractivity contribution in [3.05, 3.63) is 135 Å². The van der Waals surface area contributed by atoms with Crippen LogP contribution in [0.2, 0.25) is 0 Å². The summed E-state index contributed by atoms with van der Waals surface area (Å²) in [6.07, 6.45) is 5.94. The maximum Gasteiger partial charge on any atom is 0.265 e.